The molecule has 0 atom stereocenters. The second-order valence-electron chi connectivity index (χ2n) is 5.93. The van der Waals surface area contributed by atoms with Crippen LogP contribution in [-0.2, 0) is 11.2 Å². The number of amides is 1. The molecule has 1 rings (SSSR count). The lowest BCUT2D eigenvalue weighted by Crippen LogP contribution is -2.35. The van der Waals surface area contributed by atoms with Crippen LogP contribution in [0.2, 0.25) is 0 Å². The molecule has 0 aliphatic rings. The molecule has 0 bridgehead atoms. The third kappa shape index (κ3) is 5.55. The van der Waals surface area contributed by atoms with E-state index in [4.69, 9.17) is 5.11 Å². The van der Waals surface area contributed by atoms with Gasteiger partial charge in [-0.05, 0) is 25.2 Å². The maximum Gasteiger partial charge on any atom is 0.325 e. The summed E-state index contributed by atoms with van der Waals surface area (Å²) in [6, 6.07) is 0. The van der Waals surface area contributed by atoms with Crippen LogP contribution in [0.25, 0.3) is 0 Å². The number of aromatic nitrogens is 2. The van der Waals surface area contributed by atoms with E-state index < -0.39 is 11.2 Å². The smallest absolute Gasteiger partial charge is 0.325 e. The number of carbonyl (C=O) groups excluding carboxylic acids is 1. The van der Waals surface area contributed by atoms with E-state index in [0.717, 1.165) is 0 Å². The van der Waals surface area contributed by atoms with E-state index in [1.807, 2.05) is 13.8 Å². The molecule has 1 aromatic heterocycles. The fourth-order valence-corrected chi connectivity index (χ4v) is 1.98. The Balaban J connectivity index is 2.55. The molecule has 118 valence electrons. The van der Waals surface area contributed by atoms with Gasteiger partial charge in [0.15, 0.2) is 0 Å². The lowest BCUT2D eigenvalue weighted by molar-refractivity contribution is -0.121. The highest BCUT2D eigenvalue weighted by Gasteiger charge is 2.18. The van der Waals surface area contributed by atoms with Crippen LogP contribution in [0, 0.1) is 12.3 Å². The van der Waals surface area contributed by atoms with Crippen molar-refractivity contribution < 1.29 is 9.90 Å². The summed E-state index contributed by atoms with van der Waals surface area (Å²) in [6.45, 7) is 6.09. The number of hydrogen-bond donors (Lipinski definition) is 4. The van der Waals surface area contributed by atoms with Gasteiger partial charge in [0.25, 0.3) is 5.56 Å². The highest BCUT2D eigenvalue weighted by atomic mass is 16.3. The molecule has 7 heteroatoms. The highest BCUT2D eigenvalue weighted by Crippen LogP contribution is 2.17. The fraction of sp³-hybridized carbons (Fsp3) is 0.643. The van der Waals surface area contributed by atoms with Crippen LogP contribution in [0.5, 0.6) is 0 Å². The predicted octanol–water partition coefficient (Wildman–Crippen LogP) is -0.171. The molecule has 0 unspecified atom stereocenters. The van der Waals surface area contributed by atoms with E-state index in [1.165, 1.54) is 0 Å². The van der Waals surface area contributed by atoms with Gasteiger partial charge in [-0.1, -0.05) is 13.8 Å². The van der Waals surface area contributed by atoms with Gasteiger partial charge in [-0.3, -0.25) is 14.6 Å². The zero-order chi connectivity index (χ0) is 16.0. The number of aliphatic hydroxyl groups excluding tert-OH is 1. The van der Waals surface area contributed by atoms with Crippen LogP contribution in [0.1, 0.15) is 37.9 Å². The topological polar surface area (TPSA) is 115 Å². The first-order valence-corrected chi connectivity index (χ1v) is 6.95. The van der Waals surface area contributed by atoms with Gasteiger partial charge in [-0.15, -0.1) is 0 Å². The third-order valence-corrected chi connectivity index (χ3v) is 3.41. The summed E-state index contributed by atoms with van der Waals surface area (Å²) < 4.78 is 0. The standard InChI is InChI=1S/C14H23N3O4/c1-9-10(12(20)17-13(21)16-9)4-5-11(19)15-8-14(2,3)6-7-18/h18H,4-8H2,1-3H3,(H,15,19)(H2,16,17,20,21). The number of carbonyl (C=O) groups is 1. The van der Waals surface area contributed by atoms with Crippen molar-refractivity contribution in [3.63, 3.8) is 0 Å². The molecule has 21 heavy (non-hydrogen) atoms. The molecule has 0 aromatic carbocycles. The van der Waals surface area contributed by atoms with Crippen LogP contribution in [-0.4, -0.2) is 34.1 Å². The zero-order valence-corrected chi connectivity index (χ0v) is 12.7. The van der Waals surface area contributed by atoms with E-state index in [0.29, 0.717) is 24.2 Å². The molecule has 1 aromatic rings. The summed E-state index contributed by atoms with van der Waals surface area (Å²) >= 11 is 0. The Hall–Kier alpha value is -1.89. The number of nitrogens with one attached hydrogen (secondary N) is 3. The predicted molar refractivity (Wildman–Crippen MR) is 79.2 cm³/mol. The molecular formula is C14H23N3O4. The van der Waals surface area contributed by atoms with Gasteiger partial charge in [0, 0.05) is 30.8 Å². The van der Waals surface area contributed by atoms with Crippen molar-refractivity contribution in [2.75, 3.05) is 13.2 Å². The summed E-state index contributed by atoms with van der Waals surface area (Å²) in [5, 5.41) is 11.7. The van der Waals surface area contributed by atoms with Crippen molar-refractivity contribution in [2.45, 2.75) is 40.0 Å². The second-order valence-corrected chi connectivity index (χ2v) is 5.93. The van der Waals surface area contributed by atoms with Crippen molar-refractivity contribution in [2.24, 2.45) is 5.41 Å². The summed E-state index contributed by atoms with van der Waals surface area (Å²) in [4.78, 5) is 39.2. The molecule has 0 saturated heterocycles. The number of aromatic amines is 2. The highest BCUT2D eigenvalue weighted by molar-refractivity contribution is 5.76. The number of aryl methyl sites for hydroxylation is 1. The molecule has 0 aliphatic heterocycles. The Morgan fingerprint density at radius 3 is 2.52 bits per heavy atom. The van der Waals surface area contributed by atoms with Crippen LogP contribution >= 0.6 is 0 Å². The van der Waals surface area contributed by atoms with E-state index in [9.17, 15) is 14.4 Å². The van der Waals surface area contributed by atoms with Crippen LogP contribution in [0.4, 0.5) is 0 Å². The largest absolute Gasteiger partial charge is 0.396 e. The molecule has 0 radical (unpaired) electrons. The molecule has 0 fully saturated rings. The first kappa shape index (κ1) is 17.2. The Bertz CT molecular complexity index is 601. The minimum absolute atomic E-state index is 0.0782. The van der Waals surface area contributed by atoms with Crippen molar-refractivity contribution in [3.05, 3.63) is 32.1 Å². The van der Waals surface area contributed by atoms with Crippen LogP contribution in [0.3, 0.4) is 0 Å². The second kappa shape index (κ2) is 7.21. The van der Waals surface area contributed by atoms with Gasteiger partial charge in [0.1, 0.15) is 0 Å². The number of hydrogen-bond acceptors (Lipinski definition) is 4. The van der Waals surface area contributed by atoms with E-state index in [-0.39, 0.29) is 30.8 Å². The quantitative estimate of drug-likeness (QED) is 0.559. The Labute approximate surface area is 122 Å². The van der Waals surface area contributed by atoms with Crippen LogP contribution in [0.15, 0.2) is 9.59 Å². The third-order valence-electron chi connectivity index (χ3n) is 3.41. The summed E-state index contributed by atoms with van der Waals surface area (Å²) in [7, 11) is 0. The minimum Gasteiger partial charge on any atom is -0.396 e. The van der Waals surface area contributed by atoms with Gasteiger partial charge in [0.2, 0.25) is 5.91 Å². The molecular weight excluding hydrogens is 274 g/mol. The van der Waals surface area contributed by atoms with Gasteiger partial charge < -0.3 is 15.4 Å². The summed E-state index contributed by atoms with van der Waals surface area (Å²) in [5.74, 6) is -0.161. The van der Waals surface area contributed by atoms with Crippen LogP contribution < -0.4 is 16.6 Å². The number of H-pyrrole nitrogens is 2. The van der Waals surface area contributed by atoms with Crippen molar-refractivity contribution in [1.29, 1.82) is 0 Å². The maximum atomic E-state index is 11.8. The lowest BCUT2D eigenvalue weighted by Gasteiger charge is -2.23. The van der Waals surface area contributed by atoms with Gasteiger partial charge >= 0.3 is 5.69 Å². The number of aliphatic hydroxyl groups is 1. The number of rotatable bonds is 7. The Morgan fingerprint density at radius 2 is 1.95 bits per heavy atom. The molecule has 7 nitrogen and oxygen atoms in total. The molecule has 4 N–H and O–H groups in total. The SMILES string of the molecule is Cc1[nH]c(=O)[nH]c(=O)c1CCC(=O)NCC(C)(C)CCO. The Morgan fingerprint density at radius 1 is 1.29 bits per heavy atom. The normalized spacial score (nSPS) is 11.4. The average molecular weight is 297 g/mol. The summed E-state index contributed by atoms with van der Waals surface area (Å²) in [6.07, 6.45) is 1.04. The minimum atomic E-state index is -0.545. The van der Waals surface area contributed by atoms with E-state index in [2.05, 4.69) is 15.3 Å². The van der Waals surface area contributed by atoms with Crippen molar-refractivity contribution in [1.82, 2.24) is 15.3 Å². The molecule has 0 saturated carbocycles. The molecule has 1 amide bonds. The summed E-state index contributed by atoms with van der Waals surface area (Å²) in [5.41, 5.74) is -0.270. The first-order chi connectivity index (χ1) is 9.75. The first-order valence-electron chi connectivity index (χ1n) is 6.95. The molecule has 1 heterocycles. The van der Waals surface area contributed by atoms with Crippen molar-refractivity contribution >= 4 is 5.91 Å². The fourth-order valence-electron chi connectivity index (χ4n) is 1.98. The monoisotopic (exact) mass is 297 g/mol. The Kier molecular flexibility index (Phi) is 5.90. The van der Waals surface area contributed by atoms with Gasteiger partial charge in [-0.25, -0.2) is 4.79 Å². The molecule has 0 spiro atoms. The van der Waals surface area contributed by atoms with Gasteiger partial charge in [-0.2, -0.15) is 0 Å². The average Bonchev–Trinajstić information content (AvgIpc) is 2.35. The zero-order valence-electron chi connectivity index (χ0n) is 12.7. The van der Waals surface area contributed by atoms with Crippen molar-refractivity contribution in [3.8, 4) is 0 Å². The molecule has 0 aliphatic carbocycles. The van der Waals surface area contributed by atoms with E-state index in [1.54, 1.807) is 6.92 Å². The lowest BCUT2D eigenvalue weighted by atomic mass is 9.90. The maximum absolute atomic E-state index is 11.8. The van der Waals surface area contributed by atoms with Gasteiger partial charge in [0.05, 0.1) is 0 Å². The van der Waals surface area contributed by atoms with E-state index >= 15 is 0 Å².